The molecule has 2 aromatic rings. The Morgan fingerprint density at radius 2 is 1.82 bits per heavy atom. The van der Waals surface area contributed by atoms with Gasteiger partial charge in [-0.1, -0.05) is 23.2 Å². The van der Waals surface area contributed by atoms with Gasteiger partial charge in [-0.2, -0.15) is 5.10 Å². The number of rotatable bonds is 3. The van der Waals surface area contributed by atoms with Crippen LogP contribution >= 0.6 is 23.2 Å². The van der Waals surface area contributed by atoms with E-state index in [9.17, 15) is 0 Å². The minimum Gasteiger partial charge on any atom is -0.379 e. The molecule has 0 bridgehead atoms. The maximum Gasteiger partial charge on any atom is 0.0597 e. The van der Waals surface area contributed by atoms with Crippen LogP contribution in [0.2, 0.25) is 10.0 Å². The maximum atomic E-state index is 5.93. The van der Waals surface area contributed by atoms with Crippen LogP contribution in [0, 0.1) is 6.92 Å². The lowest BCUT2D eigenvalue weighted by molar-refractivity contribution is 0.713. The summed E-state index contributed by atoms with van der Waals surface area (Å²) in [7, 11) is 1.93. The SMILES string of the molecule is Cc1cc(CNc2cc(Cl)cc(Cl)c2)n(C)n1. The van der Waals surface area contributed by atoms with Gasteiger partial charge in [0.05, 0.1) is 17.9 Å². The van der Waals surface area contributed by atoms with E-state index in [0.29, 0.717) is 16.6 Å². The zero-order valence-electron chi connectivity index (χ0n) is 9.67. The van der Waals surface area contributed by atoms with Crippen LogP contribution in [0.5, 0.6) is 0 Å². The monoisotopic (exact) mass is 269 g/mol. The number of anilines is 1. The molecule has 5 heteroatoms. The molecule has 0 aliphatic carbocycles. The number of aryl methyl sites for hydroxylation is 2. The normalized spacial score (nSPS) is 10.6. The molecule has 0 saturated carbocycles. The number of benzene rings is 1. The molecule has 0 radical (unpaired) electrons. The van der Waals surface area contributed by atoms with Crippen molar-refractivity contribution in [3.05, 3.63) is 45.7 Å². The summed E-state index contributed by atoms with van der Waals surface area (Å²) in [5.74, 6) is 0. The number of nitrogens with one attached hydrogen (secondary N) is 1. The third kappa shape index (κ3) is 3.14. The predicted octanol–water partition coefficient (Wildman–Crippen LogP) is 3.65. The van der Waals surface area contributed by atoms with Crippen LogP contribution in [0.25, 0.3) is 0 Å². The van der Waals surface area contributed by atoms with Crippen LogP contribution in [-0.2, 0) is 13.6 Å². The molecular formula is C12H13Cl2N3. The molecular weight excluding hydrogens is 257 g/mol. The Morgan fingerprint density at radius 1 is 1.18 bits per heavy atom. The Kier molecular flexibility index (Phi) is 3.60. The summed E-state index contributed by atoms with van der Waals surface area (Å²) in [4.78, 5) is 0. The summed E-state index contributed by atoms with van der Waals surface area (Å²) in [5, 5.41) is 8.80. The molecule has 17 heavy (non-hydrogen) atoms. The van der Waals surface area contributed by atoms with Gasteiger partial charge in [0.2, 0.25) is 0 Å². The van der Waals surface area contributed by atoms with E-state index < -0.39 is 0 Å². The number of halogens is 2. The van der Waals surface area contributed by atoms with E-state index in [2.05, 4.69) is 10.4 Å². The van der Waals surface area contributed by atoms with Crippen LogP contribution in [-0.4, -0.2) is 9.78 Å². The highest BCUT2D eigenvalue weighted by molar-refractivity contribution is 6.35. The van der Waals surface area contributed by atoms with Crippen molar-refractivity contribution in [1.82, 2.24) is 9.78 Å². The Hall–Kier alpha value is -1.19. The van der Waals surface area contributed by atoms with Crippen LogP contribution in [0.4, 0.5) is 5.69 Å². The lowest BCUT2D eigenvalue weighted by atomic mass is 10.3. The lowest BCUT2D eigenvalue weighted by Gasteiger charge is -2.07. The first-order valence-electron chi connectivity index (χ1n) is 5.24. The zero-order chi connectivity index (χ0) is 12.4. The number of nitrogens with zero attached hydrogens (tertiary/aromatic N) is 2. The van der Waals surface area contributed by atoms with Crippen LogP contribution in [0.15, 0.2) is 24.3 Å². The summed E-state index contributed by atoms with van der Waals surface area (Å²) in [6, 6.07) is 7.44. The van der Waals surface area contributed by atoms with Crippen molar-refractivity contribution in [3.63, 3.8) is 0 Å². The molecule has 0 saturated heterocycles. The quantitative estimate of drug-likeness (QED) is 0.922. The lowest BCUT2D eigenvalue weighted by Crippen LogP contribution is -2.05. The van der Waals surface area contributed by atoms with Crippen molar-refractivity contribution in [2.75, 3.05) is 5.32 Å². The number of aromatic nitrogens is 2. The summed E-state index contributed by atoms with van der Waals surface area (Å²) in [5.41, 5.74) is 3.02. The topological polar surface area (TPSA) is 29.9 Å². The highest BCUT2D eigenvalue weighted by Gasteiger charge is 2.02. The molecule has 0 aliphatic heterocycles. The first-order chi connectivity index (χ1) is 8.04. The first-order valence-corrected chi connectivity index (χ1v) is 5.99. The molecule has 1 heterocycles. The van der Waals surface area contributed by atoms with Crippen molar-refractivity contribution < 1.29 is 0 Å². The second-order valence-electron chi connectivity index (χ2n) is 3.91. The van der Waals surface area contributed by atoms with Gasteiger partial charge >= 0.3 is 0 Å². The standard InChI is InChI=1S/C12H13Cl2N3/c1-8-3-12(17(2)16-8)7-15-11-5-9(13)4-10(14)6-11/h3-6,15H,7H2,1-2H3. The molecule has 1 aromatic heterocycles. The Morgan fingerprint density at radius 3 is 2.35 bits per heavy atom. The van der Waals surface area contributed by atoms with E-state index in [0.717, 1.165) is 17.1 Å². The number of hydrogen-bond donors (Lipinski definition) is 1. The van der Waals surface area contributed by atoms with Crippen LogP contribution < -0.4 is 5.32 Å². The van der Waals surface area contributed by atoms with Crippen molar-refractivity contribution in [3.8, 4) is 0 Å². The fraction of sp³-hybridized carbons (Fsp3) is 0.250. The summed E-state index contributed by atoms with van der Waals surface area (Å²) in [6.45, 7) is 2.66. The molecule has 0 aliphatic rings. The summed E-state index contributed by atoms with van der Waals surface area (Å²) in [6.07, 6.45) is 0. The van der Waals surface area contributed by atoms with E-state index in [1.807, 2.05) is 36.9 Å². The highest BCUT2D eigenvalue weighted by Crippen LogP contribution is 2.22. The summed E-state index contributed by atoms with van der Waals surface area (Å²) >= 11 is 11.9. The molecule has 0 atom stereocenters. The van der Waals surface area contributed by atoms with Gasteiger partial charge in [-0.25, -0.2) is 0 Å². The van der Waals surface area contributed by atoms with E-state index in [1.54, 1.807) is 6.07 Å². The van der Waals surface area contributed by atoms with Gasteiger partial charge in [-0.3, -0.25) is 4.68 Å². The smallest absolute Gasteiger partial charge is 0.0597 e. The predicted molar refractivity (Wildman–Crippen MR) is 71.7 cm³/mol. The molecule has 1 aromatic carbocycles. The zero-order valence-corrected chi connectivity index (χ0v) is 11.2. The molecule has 3 nitrogen and oxygen atoms in total. The van der Waals surface area contributed by atoms with Gasteiger partial charge in [0.25, 0.3) is 0 Å². The first kappa shape index (κ1) is 12.3. The van der Waals surface area contributed by atoms with E-state index in [-0.39, 0.29) is 0 Å². The van der Waals surface area contributed by atoms with E-state index in [1.165, 1.54) is 0 Å². The van der Waals surface area contributed by atoms with Gasteiger partial charge in [-0.05, 0) is 31.2 Å². The van der Waals surface area contributed by atoms with Gasteiger partial charge in [0, 0.05) is 22.8 Å². The van der Waals surface area contributed by atoms with Crippen LogP contribution in [0.1, 0.15) is 11.4 Å². The van der Waals surface area contributed by atoms with Crippen molar-refractivity contribution >= 4 is 28.9 Å². The molecule has 0 unspecified atom stereocenters. The van der Waals surface area contributed by atoms with Crippen molar-refractivity contribution in [2.45, 2.75) is 13.5 Å². The Balaban J connectivity index is 2.09. The second kappa shape index (κ2) is 4.98. The van der Waals surface area contributed by atoms with Crippen LogP contribution in [0.3, 0.4) is 0 Å². The number of hydrogen-bond acceptors (Lipinski definition) is 2. The average molecular weight is 270 g/mol. The van der Waals surface area contributed by atoms with Gasteiger partial charge < -0.3 is 5.32 Å². The molecule has 0 amide bonds. The van der Waals surface area contributed by atoms with Gasteiger partial charge in [0.15, 0.2) is 0 Å². The van der Waals surface area contributed by atoms with Gasteiger partial charge in [-0.15, -0.1) is 0 Å². The fourth-order valence-corrected chi connectivity index (χ4v) is 2.20. The highest BCUT2D eigenvalue weighted by atomic mass is 35.5. The van der Waals surface area contributed by atoms with Crippen molar-refractivity contribution in [2.24, 2.45) is 7.05 Å². The molecule has 0 spiro atoms. The minimum absolute atomic E-state index is 0.626. The molecule has 0 fully saturated rings. The third-order valence-corrected chi connectivity index (χ3v) is 2.87. The maximum absolute atomic E-state index is 5.93. The van der Waals surface area contributed by atoms with Crippen molar-refractivity contribution in [1.29, 1.82) is 0 Å². The average Bonchev–Trinajstić information content (AvgIpc) is 2.53. The Labute approximate surface area is 110 Å². The minimum atomic E-state index is 0.626. The fourth-order valence-electron chi connectivity index (χ4n) is 1.68. The Bertz CT molecular complexity index is 514. The summed E-state index contributed by atoms with van der Waals surface area (Å²) < 4.78 is 1.86. The van der Waals surface area contributed by atoms with E-state index in [4.69, 9.17) is 23.2 Å². The third-order valence-electron chi connectivity index (χ3n) is 2.44. The molecule has 90 valence electrons. The molecule has 1 N–H and O–H groups in total. The van der Waals surface area contributed by atoms with Gasteiger partial charge in [0.1, 0.15) is 0 Å². The molecule has 2 rings (SSSR count). The largest absolute Gasteiger partial charge is 0.379 e. The second-order valence-corrected chi connectivity index (χ2v) is 4.79. The van der Waals surface area contributed by atoms with E-state index >= 15 is 0 Å².